The van der Waals surface area contributed by atoms with Crippen molar-refractivity contribution in [3.8, 4) is 0 Å². The van der Waals surface area contributed by atoms with Crippen molar-refractivity contribution in [1.29, 1.82) is 0 Å². The van der Waals surface area contributed by atoms with Gasteiger partial charge < -0.3 is 5.11 Å². The van der Waals surface area contributed by atoms with Crippen LogP contribution in [0.15, 0.2) is 53.6 Å². The van der Waals surface area contributed by atoms with Crippen LogP contribution in [0.2, 0.25) is 0 Å². The lowest BCUT2D eigenvalue weighted by atomic mass is 10.2. The number of nitro groups is 1. The topological polar surface area (TPSA) is 105 Å². The van der Waals surface area contributed by atoms with E-state index in [1.54, 1.807) is 24.3 Å². The summed E-state index contributed by atoms with van der Waals surface area (Å²) in [4.78, 5) is 21.0. The summed E-state index contributed by atoms with van der Waals surface area (Å²) in [5.74, 6) is -1.03. The number of hydrogen-bond donors (Lipinski definition) is 2. The van der Waals surface area contributed by atoms with Crippen LogP contribution in [0.1, 0.15) is 15.9 Å². The Hall–Kier alpha value is -3.22. The zero-order valence-electron chi connectivity index (χ0n) is 10.8. The molecule has 0 spiro atoms. The lowest BCUT2D eigenvalue weighted by Gasteiger charge is -2.01. The van der Waals surface area contributed by atoms with Gasteiger partial charge in [0.05, 0.1) is 22.4 Å². The van der Waals surface area contributed by atoms with Gasteiger partial charge in [-0.3, -0.25) is 15.5 Å². The third-order valence-electron chi connectivity index (χ3n) is 2.60. The highest BCUT2D eigenvalue weighted by atomic mass is 16.6. The maximum Gasteiger partial charge on any atom is 0.335 e. The molecule has 7 heteroatoms. The van der Waals surface area contributed by atoms with Gasteiger partial charge in [-0.05, 0) is 18.2 Å². The van der Waals surface area contributed by atoms with Gasteiger partial charge in [0.25, 0.3) is 5.69 Å². The van der Waals surface area contributed by atoms with Crippen LogP contribution < -0.4 is 5.43 Å². The third kappa shape index (κ3) is 3.87. The Morgan fingerprint density at radius 1 is 1.24 bits per heavy atom. The van der Waals surface area contributed by atoms with E-state index < -0.39 is 10.9 Å². The molecule has 0 aromatic heterocycles. The van der Waals surface area contributed by atoms with Gasteiger partial charge in [-0.15, -0.1) is 0 Å². The fraction of sp³-hybridized carbons (Fsp3) is 0. The van der Waals surface area contributed by atoms with E-state index in [0.717, 1.165) is 0 Å². The highest BCUT2D eigenvalue weighted by molar-refractivity contribution is 5.89. The number of hydrazone groups is 1. The summed E-state index contributed by atoms with van der Waals surface area (Å²) in [6.07, 6.45) is 1.42. The molecule has 0 aliphatic carbocycles. The number of hydrogen-bond acceptors (Lipinski definition) is 5. The second-order valence-electron chi connectivity index (χ2n) is 4.11. The van der Waals surface area contributed by atoms with Gasteiger partial charge in [0.15, 0.2) is 0 Å². The minimum absolute atomic E-state index is 0.0215. The summed E-state index contributed by atoms with van der Waals surface area (Å²) in [7, 11) is 0. The van der Waals surface area contributed by atoms with E-state index in [4.69, 9.17) is 5.11 Å². The van der Waals surface area contributed by atoms with Crippen LogP contribution in [0.3, 0.4) is 0 Å². The van der Waals surface area contributed by atoms with E-state index in [-0.39, 0.29) is 11.3 Å². The van der Waals surface area contributed by atoms with Crippen molar-refractivity contribution in [2.45, 2.75) is 0 Å². The number of carboxylic acid groups (broad SMARTS) is 1. The number of carbonyl (C=O) groups is 1. The van der Waals surface area contributed by atoms with E-state index in [1.807, 2.05) is 0 Å². The lowest BCUT2D eigenvalue weighted by Crippen LogP contribution is -1.97. The molecule has 106 valence electrons. The molecule has 0 bridgehead atoms. The lowest BCUT2D eigenvalue weighted by molar-refractivity contribution is -0.384. The number of anilines is 1. The summed E-state index contributed by atoms with van der Waals surface area (Å²) in [6, 6.07) is 12.2. The number of benzene rings is 2. The minimum Gasteiger partial charge on any atom is -0.478 e. The number of carboxylic acids is 1. The number of nitro benzene ring substituents is 1. The molecule has 2 aromatic carbocycles. The maximum atomic E-state index is 10.8. The quantitative estimate of drug-likeness (QED) is 0.499. The molecule has 0 heterocycles. The molecule has 0 saturated carbocycles. The second kappa shape index (κ2) is 6.29. The average Bonchev–Trinajstić information content (AvgIpc) is 2.48. The summed E-state index contributed by atoms with van der Waals surface area (Å²) >= 11 is 0. The smallest absolute Gasteiger partial charge is 0.335 e. The van der Waals surface area contributed by atoms with Crippen molar-refractivity contribution < 1.29 is 14.8 Å². The van der Waals surface area contributed by atoms with Crippen molar-refractivity contribution >= 4 is 23.6 Å². The van der Waals surface area contributed by atoms with Crippen LogP contribution in [-0.2, 0) is 0 Å². The van der Waals surface area contributed by atoms with Crippen molar-refractivity contribution in [3.05, 3.63) is 69.8 Å². The van der Waals surface area contributed by atoms with E-state index in [0.29, 0.717) is 11.3 Å². The largest absolute Gasteiger partial charge is 0.478 e. The maximum absolute atomic E-state index is 10.8. The van der Waals surface area contributed by atoms with Crippen LogP contribution in [0.5, 0.6) is 0 Å². The van der Waals surface area contributed by atoms with Crippen LogP contribution in [0.25, 0.3) is 0 Å². The predicted octanol–water partition coefficient (Wildman–Crippen LogP) is 2.74. The first-order valence-electron chi connectivity index (χ1n) is 5.93. The molecule has 2 N–H and O–H groups in total. The molecule has 0 aliphatic rings. The van der Waals surface area contributed by atoms with Crippen molar-refractivity contribution in [1.82, 2.24) is 0 Å². The molecule has 21 heavy (non-hydrogen) atoms. The highest BCUT2D eigenvalue weighted by Crippen LogP contribution is 2.13. The zero-order chi connectivity index (χ0) is 15.2. The average molecular weight is 285 g/mol. The summed E-state index contributed by atoms with van der Waals surface area (Å²) in [5.41, 5.74) is 3.87. The van der Waals surface area contributed by atoms with Gasteiger partial charge in [0.2, 0.25) is 0 Å². The monoisotopic (exact) mass is 285 g/mol. The number of rotatable bonds is 5. The Labute approximate surface area is 119 Å². The van der Waals surface area contributed by atoms with Gasteiger partial charge in [0, 0.05) is 17.7 Å². The molecular weight excluding hydrogens is 274 g/mol. The summed E-state index contributed by atoms with van der Waals surface area (Å²) in [6.45, 7) is 0. The zero-order valence-corrected chi connectivity index (χ0v) is 10.8. The molecule has 7 nitrogen and oxygen atoms in total. The molecule has 2 aromatic rings. The molecule has 0 unspecified atom stereocenters. The first kappa shape index (κ1) is 14.2. The molecule has 0 aliphatic heterocycles. The van der Waals surface area contributed by atoms with Crippen molar-refractivity contribution in [2.75, 3.05) is 5.43 Å². The Morgan fingerprint density at radius 2 is 2.00 bits per heavy atom. The van der Waals surface area contributed by atoms with E-state index in [1.165, 1.54) is 30.5 Å². The molecule has 0 saturated heterocycles. The van der Waals surface area contributed by atoms with E-state index >= 15 is 0 Å². The van der Waals surface area contributed by atoms with E-state index in [9.17, 15) is 14.9 Å². The van der Waals surface area contributed by atoms with E-state index in [2.05, 4.69) is 10.5 Å². The van der Waals surface area contributed by atoms with Gasteiger partial charge in [0.1, 0.15) is 0 Å². The number of aromatic carboxylic acids is 1. The molecular formula is C14H11N3O4. The molecule has 0 radical (unpaired) electrons. The SMILES string of the molecule is O=C(O)c1cccc(NN=Cc2cccc([N+](=O)[O-])c2)c1. The van der Waals surface area contributed by atoms with Gasteiger partial charge in [-0.25, -0.2) is 4.79 Å². The molecule has 0 fully saturated rings. The number of non-ortho nitro benzene ring substituents is 1. The fourth-order valence-electron chi connectivity index (χ4n) is 1.62. The van der Waals surface area contributed by atoms with Crippen LogP contribution >= 0.6 is 0 Å². The summed E-state index contributed by atoms with van der Waals surface area (Å²) in [5, 5.41) is 23.4. The fourth-order valence-corrected chi connectivity index (χ4v) is 1.62. The van der Waals surface area contributed by atoms with Crippen LogP contribution in [0.4, 0.5) is 11.4 Å². The molecule has 2 rings (SSSR count). The van der Waals surface area contributed by atoms with Crippen molar-refractivity contribution in [2.24, 2.45) is 5.10 Å². The first-order valence-corrected chi connectivity index (χ1v) is 5.93. The van der Waals surface area contributed by atoms with Crippen LogP contribution in [-0.4, -0.2) is 22.2 Å². The highest BCUT2D eigenvalue weighted by Gasteiger charge is 2.04. The summed E-state index contributed by atoms with van der Waals surface area (Å²) < 4.78 is 0. The standard InChI is InChI=1S/C14H11N3O4/c18-14(19)11-4-2-5-12(8-11)16-15-9-10-3-1-6-13(7-10)17(20)21/h1-9,16H,(H,18,19). The minimum atomic E-state index is -1.03. The normalized spacial score (nSPS) is 10.5. The van der Waals surface area contributed by atoms with Gasteiger partial charge in [-0.2, -0.15) is 5.10 Å². The Kier molecular flexibility index (Phi) is 4.25. The Balaban J connectivity index is 2.09. The second-order valence-corrected chi connectivity index (χ2v) is 4.11. The number of nitrogens with zero attached hydrogens (tertiary/aromatic N) is 2. The van der Waals surface area contributed by atoms with Crippen molar-refractivity contribution in [3.63, 3.8) is 0 Å². The predicted molar refractivity (Wildman–Crippen MR) is 77.7 cm³/mol. The van der Waals surface area contributed by atoms with Crippen LogP contribution in [0, 0.1) is 10.1 Å². The first-order chi connectivity index (χ1) is 10.1. The molecule has 0 amide bonds. The molecule has 0 atom stereocenters. The van der Waals surface area contributed by atoms with Gasteiger partial charge in [-0.1, -0.05) is 18.2 Å². The van der Waals surface area contributed by atoms with Gasteiger partial charge >= 0.3 is 5.97 Å². The number of nitrogens with one attached hydrogen (secondary N) is 1. The Bertz CT molecular complexity index is 713. The third-order valence-corrected chi connectivity index (χ3v) is 2.60. The Morgan fingerprint density at radius 3 is 2.71 bits per heavy atom.